The predicted octanol–water partition coefficient (Wildman–Crippen LogP) is 1.89. The minimum atomic E-state index is -0.306. The quantitative estimate of drug-likeness (QED) is 0.778. The van der Waals surface area contributed by atoms with E-state index in [2.05, 4.69) is 15.7 Å². The summed E-state index contributed by atoms with van der Waals surface area (Å²) in [5.41, 5.74) is 0. The lowest BCUT2D eigenvalue weighted by Gasteiger charge is -2.24. The van der Waals surface area contributed by atoms with Crippen LogP contribution in [-0.4, -0.2) is 33.6 Å². The molecule has 0 aliphatic heterocycles. The summed E-state index contributed by atoms with van der Waals surface area (Å²) in [6, 6.07) is 1.62. The first-order chi connectivity index (χ1) is 9.20. The average Bonchev–Trinajstić information content (AvgIpc) is 2.87. The fourth-order valence-corrected chi connectivity index (χ4v) is 2.45. The second kappa shape index (κ2) is 6.56. The summed E-state index contributed by atoms with van der Waals surface area (Å²) in [6.07, 6.45) is 7.67. The van der Waals surface area contributed by atoms with Crippen LogP contribution in [0.5, 0.6) is 0 Å². The van der Waals surface area contributed by atoms with E-state index in [4.69, 9.17) is 5.11 Å². The maximum absolute atomic E-state index is 11.7. The van der Waals surface area contributed by atoms with Gasteiger partial charge in [-0.15, -0.1) is 0 Å². The van der Waals surface area contributed by atoms with Crippen LogP contribution in [0.2, 0.25) is 0 Å². The third-order valence-corrected chi connectivity index (χ3v) is 3.48. The van der Waals surface area contributed by atoms with Crippen molar-refractivity contribution in [2.45, 2.75) is 51.1 Å². The summed E-state index contributed by atoms with van der Waals surface area (Å²) in [6.45, 7) is 1.67. The molecule has 0 saturated heterocycles. The minimum absolute atomic E-state index is 0.0741. The fourth-order valence-electron chi connectivity index (χ4n) is 2.45. The number of carbonyl (C=O) groups excluding carboxylic acids is 1. The van der Waals surface area contributed by atoms with Crippen molar-refractivity contribution in [2.24, 2.45) is 0 Å². The van der Waals surface area contributed by atoms with Gasteiger partial charge in [0.1, 0.15) is 5.82 Å². The second-order valence-electron chi connectivity index (χ2n) is 5.13. The Morgan fingerprint density at radius 2 is 2.26 bits per heavy atom. The number of aliphatic hydroxyl groups excluding tert-OH is 1. The largest absolute Gasteiger partial charge is 0.394 e. The third kappa shape index (κ3) is 3.70. The molecule has 0 bridgehead atoms. The van der Waals surface area contributed by atoms with E-state index in [1.165, 1.54) is 19.3 Å². The lowest BCUT2D eigenvalue weighted by Crippen LogP contribution is -2.38. The van der Waals surface area contributed by atoms with Crippen LogP contribution in [0.15, 0.2) is 12.3 Å². The van der Waals surface area contributed by atoms with Gasteiger partial charge < -0.3 is 10.4 Å². The molecule has 0 spiro atoms. The van der Waals surface area contributed by atoms with Crippen molar-refractivity contribution in [3.63, 3.8) is 0 Å². The molecule has 6 nitrogen and oxygen atoms in total. The van der Waals surface area contributed by atoms with Crippen molar-refractivity contribution in [1.82, 2.24) is 15.1 Å². The van der Waals surface area contributed by atoms with E-state index < -0.39 is 0 Å². The Morgan fingerprint density at radius 1 is 1.53 bits per heavy atom. The molecule has 6 heteroatoms. The molecule has 0 aromatic carbocycles. The van der Waals surface area contributed by atoms with Crippen LogP contribution in [0.3, 0.4) is 0 Å². The highest BCUT2D eigenvalue weighted by Crippen LogP contribution is 2.29. The summed E-state index contributed by atoms with van der Waals surface area (Å²) < 4.78 is 1.91. The topological polar surface area (TPSA) is 79.2 Å². The predicted molar refractivity (Wildman–Crippen MR) is 73.1 cm³/mol. The van der Waals surface area contributed by atoms with Gasteiger partial charge in [0.2, 0.25) is 0 Å². The maximum atomic E-state index is 11.7. The number of rotatable bonds is 4. The lowest BCUT2D eigenvalue weighted by molar-refractivity contribution is 0.229. The van der Waals surface area contributed by atoms with E-state index >= 15 is 0 Å². The Morgan fingerprint density at radius 3 is 2.95 bits per heavy atom. The van der Waals surface area contributed by atoms with Gasteiger partial charge in [-0.3, -0.25) is 5.32 Å². The van der Waals surface area contributed by atoms with E-state index in [0.29, 0.717) is 6.04 Å². The molecule has 1 aromatic heterocycles. The standard InChI is InChI=1S/C13H22N4O2/c1-10(9-18)15-13(19)16-12-7-8-14-17(12)11-5-3-2-4-6-11/h7-8,10-11,18H,2-6,9H2,1H3,(H2,15,16,19)/t10-/m0/s1. The lowest BCUT2D eigenvalue weighted by atomic mass is 9.96. The fraction of sp³-hybridized carbons (Fsp3) is 0.692. The monoisotopic (exact) mass is 266 g/mol. The zero-order valence-electron chi connectivity index (χ0n) is 11.3. The van der Waals surface area contributed by atoms with E-state index in [1.54, 1.807) is 19.2 Å². The highest BCUT2D eigenvalue weighted by atomic mass is 16.3. The molecular weight excluding hydrogens is 244 g/mol. The SMILES string of the molecule is C[C@@H](CO)NC(=O)Nc1ccnn1C1CCCCC1. The number of urea groups is 1. The molecule has 2 rings (SSSR count). The molecule has 1 atom stereocenters. The van der Waals surface area contributed by atoms with E-state index in [0.717, 1.165) is 18.7 Å². The Bertz CT molecular complexity index is 413. The van der Waals surface area contributed by atoms with Crippen molar-refractivity contribution in [3.05, 3.63) is 12.3 Å². The minimum Gasteiger partial charge on any atom is -0.394 e. The van der Waals surface area contributed by atoms with Crippen molar-refractivity contribution in [1.29, 1.82) is 0 Å². The van der Waals surface area contributed by atoms with Gasteiger partial charge >= 0.3 is 6.03 Å². The van der Waals surface area contributed by atoms with Crippen LogP contribution in [0, 0.1) is 0 Å². The van der Waals surface area contributed by atoms with Crippen LogP contribution in [-0.2, 0) is 0 Å². The normalized spacial score (nSPS) is 18.0. The summed E-state index contributed by atoms with van der Waals surface area (Å²) in [4.78, 5) is 11.7. The molecule has 1 aliphatic carbocycles. The first-order valence-corrected chi connectivity index (χ1v) is 6.92. The van der Waals surface area contributed by atoms with Crippen molar-refractivity contribution in [2.75, 3.05) is 11.9 Å². The van der Waals surface area contributed by atoms with E-state index in [9.17, 15) is 4.79 Å². The Hall–Kier alpha value is -1.56. The summed E-state index contributed by atoms with van der Waals surface area (Å²) in [7, 11) is 0. The smallest absolute Gasteiger partial charge is 0.320 e. The molecule has 1 aromatic rings. The number of nitrogens with one attached hydrogen (secondary N) is 2. The zero-order valence-corrected chi connectivity index (χ0v) is 11.3. The Balaban J connectivity index is 1.97. The Labute approximate surface area is 113 Å². The van der Waals surface area contributed by atoms with Gasteiger partial charge in [-0.2, -0.15) is 5.10 Å². The number of hydrogen-bond donors (Lipinski definition) is 3. The van der Waals surface area contributed by atoms with E-state index in [-0.39, 0.29) is 18.7 Å². The van der Waals surface area contributed by atoms with E-state index in [1.807, 2.05) is 4.68 Å². The molecule has 106 valence electrons. The van der Waals surface area contributed by atoms with Crippen molar-refractivity contribution < 1.29 is 9.90 Å². The third-order valence-electron chi connectivity index (χ3n) is 3.48. The van der Waals surface area contributed by atoms with Crippen LogP contribution < -0.4 is 10.6 Å². The number of anilines is 1. The van der Waals surface area contributed by atoms with Crippen molar-refractivity contribution in [3.8, 4) is 0 Å². The number of amides is 2. The highest BCUT2D eigenvalue weighted by Gasteiger charge is 2.19. The van der Waals surface area contributed by atoms with Crippen LogP contribution in [0.4, 0.5) is 10.6 Å². The number of carbonyl (C=O) groups is 1. The summed E-state index contributed by atoms with van der Waals surface area (Å²) in [5.74, 6) is 0.717. The molecule has 1 aliphatic rings. The van der Waals surface area contributed by atoms with Crippen LogP contribution in [0.1, 0.15) is 45.1 Å². The zero-order chi connectivity index (χ0) is 13.7. The number of nitrogens with zero attached hydrogens (tertiary/aromatic N) is 2. The number of aromatic nitrogens is 2. The van der Waals surface area contributed by atoms with Gasteiger partial charge in [-0.1, -0.05) is 19.3 Å². The summed E-state index contributed by atoms with van der Waals surface area (Å²) >= 11 is 0. The molecule has 1 heterocycles. The van der Waals surface area contributed by atoms with Crippen molar-refractivity contribution >= 4 is 11.8 Å². The molecule has 19 heavy (non-hydrogen) atoms. The first-order valence-electron chi connectivity index (χ1n) is 6.92. The maximum Gasteiger partial charge on any atom is 0.320 e. The molecule has 3 N–H and O–H groups in total. The molecule has 0 radical (unpaired) electrons. The molecular formula is C13H22N4O2. The highest BCUT2D eigenvalue weighted by molar-refractivity contribution is 5.88. The van der Waals surface area contributed by atoms with Crippen LogP contribution >= 0.6 is 0 Å². The number of aliphatic hydroxyl groups is 1. The van der Waals surface area contributed by atoms with Crippen LogP contribution in [0.25, 0.3) is 0 Å². The van der Waals surface area contributed by atoms with Gasteiger partial charge in [0.05, 0.1) is 24.9 Å². The molecule has 1 fully saturated rings. The average molecular weight is 266 g/mol. The molecule has 2 amide bonds. The van der Waals surface area contributed by atoms with Gasteiger partial charge in [-0.25, -0.2) is 9.48 Å². The van der Waals surface area contributed by atoms with Gasteiger partial charge in [0, 0.05) is 6.07 Å². The van der Waals surface area contributed by atoms with Gasteiger partial charge in [0.15, 0.2) is 0 Å². The summed E-state index contributed by atoms with van der Waals surface area (Å²) in [5, 5.41) is 18.7. The molecule has 1 saturated carbocycles. The van der Waals surface area contributed by atoms with Gasteiger partial charge in [-0.05, 0) is 19.8 Å². The molecule has 0 unspecified atom stereocenters. The second-order valence-corrected chi connectivity index (χ2v) is 5.13. The Kier molecular flexibility index (Phi) is 4.79. The van der Waals surface area contributed by atoms with Gasteiger partial charge in [0.25, 0.3) is 0 Å². The number of hydrogen-bond acceptors (Lipinski definition) is 3. The first kappa shape index (κ1) is 13.9.